The van der Waals surface area contributed by atoms with Gasteiger partial charge in [0, 0.05) is 33.9 Å². The Labute approximate surface area is 156 Å². The van der Waals surface area contributed by atoms with Crippen LogP contribution in [-0.4, -0.2) is 34.3 Å². The van der Waals surface area contributed by atoms with Crippen molar-refractivity contribution in [2.24, 2.45) is 0 Å². The molecule has 1 aromatic rings. The number of ether oxygens (including phenoxy) is 1. The second-order valence-corrected chi connectivity index (χ2v) is 8.12. The molecule has 24 heavy (non-hydrogen) atoms. The Morgan fingerprint density at radius 3 is 2.79 bits per heavy atom. The fourth-order valence-corrected chi connectivity index (χ4v) is 4.44. The molecule has 0 saturated heterocycles. The lowest BCUT2D eigenvalue weighted by Gasteiger charge is -2.29. The quantitative estimate of drug-likeness (QED) is 0.751. The minimum atomic E-state index is -0.820. The topological polar surface area (TPSA) is 81.4 Å². The first-order chi connectivity index (χ1) is 11.0. The van der Waals surface area contributed by atoms with E-state index < -0.39 is 10.8 Å². The Kier molecular flexibility index (Phi) is 8.33. The van der Waals surface area contributed by atoms with Crippen LogP contribution in [0.5, 0.6) is 5.75 Å². The van der Waals surface area contributed by atoms with Gasteiger partial charge in [-0.3, -0.25) is 9.00 Å². The van der Waals surface area contributed by atoms with Gasteiger partial charge in [0.15, 0.2) is 0 Å². The molecule has 1 aliphatic carbocycles. The highest BCUT2D eigenvalue weighted by molar-refractivity contribution is 7.85. The van der Waals surface area contributed by atoms with Crippen LogP contribution in [0.4, 0.5) is 5.69 Å². The van der Waals surface area contributed by atoms with Crippen LogP contribution in [0.15, 0.2) is 12.1 Å². The van der Waals surface area contributed by atoms with E-state index in [1.807, 2.05) is 6.92 Å². The molecule has 0 radical (unpaired) electrons. The molecule has 8 heteroatoms. The third kappa shape index (κ3) is 5.01. The van der Waals surface area contributed by atoms with Gasteiger partial charge in [-0.25, -0.2) is 0 Å². The summed E-state index contributed by atoms with van der Waals surface area (Å²) >= 11 is 6.01. The molecule has 1 amide bonds. The molecule has 0 spiro atoms. The van der Waals surface area contributed by atoms with Gasteiger partial charge in [0.25, 0.3) is 5.91 Å². The van der Waals surface area contributed by atoms with E-state index in [1.54, 1.807) is 6.07 Å². The number of carbonyl (C=O) groups is 1. The van der Waals surface area contributed by atoms with E-state index >= 15 is 0 Å². The highest BCUT2D eigenvalue weighted by Gasteiger charge is 2.27. The Morgan fingerprint density at radius 2 is 2.17 bits per heavy atom. The zero-order chi connectivity index (χ0) is 17.0. The maximum Gasteiger partial charge on any atom is 0.255 e. The average molecular weight is 395 g/mol. The second kappa shape index (κ2) is 9.49. The summed E-state index contributed by atoms with van der Waals surface area (Å²) in [7, 11) is 0.667. The molecule has 0 heterocycles. The largest absolute Gasteiger partial charge is 0.496 e. The highest BCUT2D eigenvalue weighted by atomic mass is 35.5. The molecule has 5 nitrogen and oxygen atoms in total. The molecule has 0 aliphatic heterocycles. The lowest BCUT2D eigenvalue weighted by atomic mass is 9.94. The van der Waals surface area contributed by atoms with Gasteiger partial charge in [-0.15, -0.1) is 12.4 Å². The van der Waals surface area contributed by atoms with Crippen molar-refractivity contribution in [3.8, 4) is 5.75 Å². The van der Waals surface area contributed by atoms with Crippen LogP contribution < -0.4 is 15.8 Å². The molecule has 3 N–H and O–H groups in total. The Bertz CT molecular complexity index is 613. The SMILES string of the molecule is CCS(=O)C1CCCC(NC(=O)c2cc(Cl)c(N)cc2OC)C1.Cl. The van der Waals surface area contributed by atoms with Gasteiger partial charge in [0.05, 0.1) is 23.4 Å². The van der Waals surface area contributed by atoms with Crippen LogP contribution in [0.25, 0.3) is 0 Å². The van der Waals surface area contributed by atoms with Crippen molar-refractivity contribution in [2.45, 2.75) is 43.9 Å². The van der Waals surface area contributed by atoms with Gasteiger partial charge < -0.3 is 15.8 Å². The number of anilines is 1. The van der Waals surface area contributed by atoms with Gasteiger partial charge in [-0.1, -0.05) is 24.9 Å². The number of carbonyl (C=O) groups excluding carboxylic acids is 1. The maximum atomic E-state index is 12.5. The first-order valence-corrected chi connectivity index (χ1v) is 9.53. The lowest BCUT2D eigenvalue weighted by Crippen LogP contribution is -2.41. The number of nitrogens with one attached hydrogen (secondary N) is 1. The summed E-state index contributed by atoms with van der Waals surface area (Å²) in [6.07, 6.45) is 3.58. The molecule has 136 valence electrons. The first kappa shape index (κ1) is 21.1. The summed E-state index contributed by atoms with van der Waals surface area (Å²) < 4.78 is 17.2. The zero-order valence-electron chi connectivity index (χ0n) is 13.8. The van der Waals surface area contributed by atoms with Crippen LogP contribution in [0, 0.1) is 0 Å². The number of nitrogens with two attached hydrogens (primary N) is 1. The number of hydrogen-bond acceptors (Lipinski definition) is 4. The summed E-state index contributed by atoms with van der Waals surface area (Å²) in [5, 5.41) is 3.50. The van der Waals surface area contributed by atoms with Gasteiger partial charge in [-0.2, -0.15) is 0 Å². The minimum absolute atomic E-state index is 0. The monoisotopic (exact) mass is 394 g/mol. The second-order valence-electron chi connectivity index (χ2n) is 5.70. The lowest BCUT2D eigenvalue weighted by molar-refractivity contribution is 0.0925. The van der Waals surface area contributed by atoms with Crippen LogP contribution in [0.2, 0.25) is 5.02 Å². The van der Waals surface area contributed by atoms with Crippen molar-refractivity contribution in [3.05, 3.63) is 22.7 Å². The number of benzene rings is 1. The van der Waals surface area contributed by atoms with Gasteiger partial charge in [0.1, 0.15) is 5.75 Å². The number of hydrogen-bond donors (Lipinski definition) is 2. The van der Waals surface area contributed by atoms with Crippen molar-refractivity contribution < 1.29 is 13.7 Å². The van der Waals surface area contributed by atoms with Gasteiger partial charge >= 0.3 is 0 Å². The van der Waals surface area contributed by atoms with Crippen LogP contribution >= 0.6 is 24.0 Å². The fraction of sp³-hybridized carbons (Fsp3) is 0.562. The predicted octanol–water partition coefficient (Wildman–Crippen LogP) is 3.16. The van der Waals surface area contributed by atoms with Crippen molar-refractivity contribution in [3.63, 3.8) is 0 Å². The average Bonchev–Trinajstić information content (AvgIpc) is 2.56. The van der Waals surface area contributed by atoms with E-state index in [9.17, 15) is 9.00 Å². The summed E-state index contributed by atoms with van der Waals surface area (Å²) in [4.78, 5) is 12.5. The van der Waals surface area contributed by atoms with Crippen LogP contribution in [0.1, 0.15) is 43.0 Å². The molecule has 0 aromatic heterocycles. The van der Waals surface area contributed by atoms with Gasteiger partial charge in [0.2, 0.25) is 0 Å². The summed E-state index contributed by atoms with van der Waals surface area (Å²) in [6.45, 7) is 1.93. The molecule has 0 bridgehead atoms. The normalized spacial score (nSPS) is 21.5. The molecule has 1 saturated carbocycles. The van der Waals surface area contributed by atoms with E-state index in [4.69, 9.17) is 22.1 Å². The molecule has 1 fully saturated rings. The third-order valence-corrected chi connectivity index (χ3v) is 6.25. The number of nitrogen functional groups attached to an aromatic ring is 1. The van der Waals surface area contributed by atoms with Crippen molar-refractivity contribution in [1.29, 1.82) is 0 Å². The summed E-state index contributed by atoms with van der Waals surface area (Å²) in [6, 6.07) is 3.10. The molecule has 1 aromatic carbocycles. The Morgan fingerprint density at radius 1 is 1.46 bits per heavy atom. The highest BCUT2D eigenvalue weighted by Crippen LogP contribution is 2.29. The number of halogens is 2. The van der Waals surface area contributed by atoms with Crippen LogP contribution in [-0.2, 0) is 10.8 Å². The minimum Gasteiger partial charge on any atom is -0.496 e. The Hall–Kier alpha value is -0.980. The molecule has 1 aliphatic rings. The third-order valence-electron chi connectivity index (χ3n) is 4.18. The zero-order valence-corrected chi connectivity index (χ0v) is 16.2. The first-order valence-electron chi connectivity index (χ1n) is 7.77. The van der Waals surface area contributed by atoms with E-state index in [0.717, 1.165) is 25.7 Å². The smallest absolute Gasteiger partial charge is 0.255 e. The van der Waals surface area contributed by atoms with Crippen molar-refractivity contribution in [1.82, 2.24) is 5.32 Å². The van der Waals surface area contributed by atoms with Gasteiger partial charge in [-0.05, 0) is 25.3 Å². The van der Waals surface area contributed by atoms with E-state index in [0.29, 0.717) is 27.8 Å². The predicted molar refractivity (Wildman–Crippen MR) is 102 cm³/mol. The maximum absolute atomic E-state index is 12.5. The summed E-state index contributed by atoms with van der Waals surface area (Å²) in [5.41, 5.74) is 6.48. The standard InChI is InChI=1S/C16H23ClN2O3S.ClH/c1-3-23(21)11-6-4-5-10(7-11)19-16(20)12-8-13(17)14(18)9-15(12)22-2;/h8-11H,3-7,18H2,1-2H3,(H,19,20);1H. The van der Waals surface area contributed by atoms with E-state index in [1.165, 1.54) is 13.2 Å². The van der Waals surface area contributed by atoms with E-state index in [-0.39, 0.29) is 29.6 Å². The number of methoxy groups -OCH3 is 1. The molecule has 3 atom stereocenters. The van der Waals surface area contributed by atoms with E-state index in [2.05, 4.69) is 5.32 Å². The van der Waals surface area contributed by atoms with Crippen molar-refractivity contribution >= 4 is 46.4 Å². The molecular formula is C16H24Cl2N2O3S. The summed E-state index contributed by atoms with van der Waals surface area (Å²) in [5.74, 6) is 0.817. The molecular weight excluding hydrogens is 371 g/mol. The molecule has 2 rings (SSSR count). The molecule has 3 unspecified atom stereocenters. The number of rotatable bonds is 5. The number of amides is 1. The Balaban J connectivity index is 0.00000288. The van der Waals surface area contributed by atoms with Crippen molar-refractivity contribution in [2.75, 3.05) is 18.6 Å². The fourth-order valence-electron chi connectivity index (χ4n) is 2.93. The van der Waals surface area contributed by atoms with Crippen LogP contribution in [0.3, 0.4) is 0 Å².